The second kappa shape index (κ2) is 10.5. The number of morpholine rings is 1. The number of nitrogens with zero attached hydrogens (tertiary/aromatic N) is 5. The fourth-order valence-corrected chi connectivity index (χ4v) is 6.66. The summed E-state index contributed by atoms with van der Waals surface area (Å²) in [4.78, 5) is 22.8. The molecule has 10 nitrogen and oxygen atoms in total. The minimum absolute atomic E-state index is 0.00804. The van der Waals surface area contributed by atoms with Gasteiger partial charge < -0.3 is 23.8 Å². The minimum Gasteiger partial charge on any atom is -0.490 e. The van der Waals surface area contributed by atoms with Crippen LogP contribution < -0.4 is 9.64 Å². The molecule has 5 aromatic rings. The summed E-state index contributed by atoms with van der Waals surface area (Å²) in [6.07, 6.45) is 3.79. The third-order valence-corrected chi connectivity index (χ3v) is 8.75. The molecule has 1 N–H and O–H groups in total. The Hall–Kier alpha value is -3.54. The van der Waals surface area contributed by atoms with Gasteiger partial charge in [-0.15, -0.1) is 0 Å². The van der Waals surface area contributed by atoms with Gasteiger partial charge in [0, 0.05) is 78.3 Å². The summed E-state index contributed by atoms with van der Waals surface area (Å²) < 4.78 is 30.1. The van der Waals surface area contributed by atoms with E-state index < -0.39 is 10.8 Å². The van der Waals surface area contributed by atoms with E-state index in [4.69, 9.17) is 28.8 Å². The molecule has 0 aliphatic carbocycles. The Morgan fingerprint density at radius 2 is 1.90 bits per heavy atom. The van der Waals surface area contributed by atoms with Gasteiger partial charge in [0.1, 0.15) is 11.3 Å². The van der Waals surface area contributed by atoms with Gasteiger partial charge in [0.05, 0.1) is 30.3 Å². The first-order valence-electron chi connectivity index (χ1n) is 13.8. The van der Waals surface area contributed by atoms with Gasteiger partial charge in [-0.1, -0.05) is 0 Å². The van der Waals surface area contributed by atoms with Crippen LogP contribution in [0, 0.1) is 0 Å². The molecule has 0 spiro atoms. The molecule has 2 aliphatic heterocycles. The lowest BCUT2D eigenvalue weighted by atomic mass is 10.1. The lowest BCUT2D eigenvalue weighted by Crippen LogP contribution is -2.37. The third-order valence-electron chi connectivity index (χ3n) is 7.48. The number of aromatic nitrogens is 4. The largest absolute Gasteiger partial charge is 0.490 e. The highest BCUT2D eigenvalue weighted by molar-refractivity contribution is 7.85. The number of pyridine rings is 1. The Bertz CT molecular complexity index is 1710. The van der Waals surface area contributed by atoms with Gasteiger partial charge in [0.25, 0.3) is 0 Å². The van der Waals surface area contributed by atoms with Gasteiger partial charge in [0.15, 0.2) is 17.2 Å². The number of rotatable bonds is 6. The molecule has 2 fully saturated rings. The van der Waals surface area contributed by atoms with Gasteiger partial charge in [-0.3, -0.25) is 9.11 Å². The molecule has 0 unspecified atom stereocenters. The smallest absolute Gasteiger partial charge is 0.229 e. The number of H-pyrrole nitrogens is 1. The number of ether oxygens (including phenoxy) is 2. The molecule has 1 aromatic carbocycles. The van der Waals surface area contributed by atoms with Gasteiger partial charge in [-0.25, -0.2) is 15.0 Å². The molecule has 6 heterocycles. The number of nitrogens with one attached hydrogen (secondary N) is 1. The molecular formula is C29H32N6O4S. The standard InChI is InChI=1S/C29H32N6O4S/c1-18(2)38-23-4-3-22-20(5-6-30-22)24(23)27-32-25-21-15-19(17-34-9-13-40(36)14-10-34)16-31-29(21)39-26(25)28(33-27)35-7-11-37-12-8-35/h3-6,15-16,18,30H,7-14,17H2,1-2H3. The van der Waals surface area contributed by atoms with Crippen LogP contribution in [0.25, 0.3) is 44.5 Å². The first kappa shape index (κ1) is 25.4. The summed E-state index contributed by atoms with van der Waals surface area (Å²) in [6.45, 7) is 9.10. The highest BCUT2D eigenvalue weighted by Gasteiger charge is 2.26. The van der Waals surface area contributed by atoms with Crippen molar-refractivity contribution >= 4 is 49.7 Å². The summed E-state index contributed by atoms with van der Waals surface area (Å²) >= 11 is 0. The number of hydrogen-bond acceptors (Lipinski definition) is 9. The topological polar surface area (TPSA) is 110 Å². The van der Waals surface area contributed by atoms with Crippen molar-refractivity contribution < 1.29 is 18.1 Å². The Balaban J connectivity index is 1.41. The van der Waals surface area contributed by atoms with E-state index in [1.54, 1.807) is 0 Å². The molecule has 2 aliphatic rings. The van der Waals surface area contributed by atoms with Crippen LogP contribution in [0.4, 0.5) is 5.82 Å². The normalized spacial score (nSPS) is 17.5. The minimum atomic E-state index is -0.708. The summed E-state index contributed by atoms with van der Waals surface area (Å²) in [5.74, 6) is 3.50. The number of anilines is 1. The van der Waals surface area contributed by atoms with Gasteiger partial charge in [0.2, 0.25) is 5.71 Å². The lowest BCUT2D eigenvalue weighted by molar-refractivity contribution is 0.122. The first-order valence-corrected chi connectivity index (χ1v) is 15.3. The van der Waals surface area contributed by atoms with Crippen LogP contribution in [0.2, 0.25) is 0 Å². The van der Waals surface area contributed by atoms with Crippen molar-refractivity contribution in [1.82, 2.24) is 24.8 Å². The van der Waals surface area contributed by atoms with E-state index in [9.17, 15) is 4.21 Å². The van der Waals surface area contributed by atoms with Crippen LogP contribution in [0.1, 0.15) is 19.4 Å². The Morgan fingerprint density at radius 3 is 2.70 bits per heavy atom. The predicted molar refractivity (Wildman–Crippen MR) is 156 cm³/mol. The number of benzene rings is 1. The zero-order chi connectivity index (χ0) is 27.2. The Morgan fingerprint density at radius 1 is 1.07 bits per heavy atom. The Labute approximate surface area is 234 Å². The quantitative estimate of drug-likeness (QED) is 0.328. The maximum absolute atomic E-state index is 11.8. The van der Waals surface area contributed by atoms with Crippen LogP contribution >= 0.6 is 0 Å². The number of hydrogen-bond donors (Lipinski definition) is 1. The summed E-state index contributed by atoms with van der Waals surface area (Å²) in [5, 5.41) is 1.86. The molecule has 0 amide bonds. The van der Waals surface area contributed by atoms with Crippen molar-refractivity contribution in [1.29, 1.82) is 0 Å². The molecule has 208 valence electrons. The van der Waals surface area contributed by atoms with E-state index in [1.807, 2.05) is 44.4 Å². The molecule has 0 bridgehead atoms. The van der Waals surface area contributed by atoms with E-state index in [1.165, 1.54) is 0 Å². The average molecular weight is 561 g/mol. The lowest BCUT2D eigenvalue weighted by Gasteiger charge is -2.28. The maximum atomic E-state index is 11.8. The predicted octanol–water partition coefficient (Wildman–Crippen LogP) is 4.11. The van der Waals surface area contributed by atoms with E-state index in [2.05, 4.69) is 20.9 Å². The summed E-state index contributed by atoms with van der Waals surface area (Å²) in [7, 11) is -0.708. The summed E-state index contributed by atoms with van der Waals surface area (Å²) in [6, 6.07) is 8.17. The van der Waals surface area contributed by atoms with Gasteiger partial charge in [-0.2, -0.15) is 0 Å². The monoisotopic (exact) mass is 560 g/mol. The average Bonchev–Trinajstić information content (AvgIpc) is 3.58. The van der Waals surface area contributed by atoms with Crippen molar-refractivity contribution in [3.63, 3.8) is 0 Å². The fraction of sp³-hybridized carbons (Fsp3) is 0.414. The van der Waals surface area contributed by atoms with E-state index >= 15 is 0 Å². The van der Waals surface area contributed by atoms with E-state index in [0.29, 0.717) is 43.4 Å². The van der Waals surface area contributed by atoms with E-state index in [0.717, 1.165) is 75.6 Å². The molecular weight excluding hydrogens is 528 g/mol. The van der Waals surface area contributed by atoms with Crippen LogP contribution in [0.15, 0.2) is 41.1 Å². The zero-order valence-electron chi connectivity index (χ0n) is 22.7. The molecule has 7 rings (SSSR count). The van der Waals surface area contributed by atoms with Crippen LogP contribution in [0.3, 0.4) is 0 Å². The zero-order valence-corrected chi connectivity index (χ0v) is 23.5. The Kier molecular flexibility index (Phi) is 6.65. The van der Waals surface area contributed by atoms with Crippen molar-refractivity contribution in [3.8, 4) is 17.1 Å². The molecule has 4 aromatic heterocycles. The van der Waals surface area contributed by atoms with Crippen LogP contribution in [-0.2, 0) is 22.1 Å². The highest BCUT2D eigenvalue weighted by Crippen LogP contribution is 2.40. The third kappa shape index (κ3) is 4.71. The molecule has 11 heteroatoms. The molecule has 0 radical (unpaired) electrons. The van der Waals surface area contributed by atoms with Crippen LogP contribution in [-0.4, -0.2) is 86.0 Å². The molecule has 0 atom stereocenters. The number of aromatic amines is 1. The van der Waals surface area contributed by atoms with Crippen molar-refractivity contribution in [2.45, 2.75) is 26.5 Å². The maximum Gasteiger partial charge on any atom is 0.229 e. The van der Waals surface area contributed by atoms with Gasteiger partial charge in [-0.05, 0) is 43.7 Å². The SMILES string of the molecule is CC(C)Oc1ccc2[nH]ccc2c1-c1nc(N2CCOCC2)c2oc3ncc(CN4CCS(=O)CC4)cc3c2n1. The summed E-state index contributed by atoms with van der Waals surface area (Å²) in [5.41, 5.74) is 4.82. The van der Waals surface area contributed by atoms with Crippen LogP contribution in [0.5, 0.6) is 5.75 Å². The second-order valence-electron chi connectivity index (χ2n) is 10.6. The molecule has 40 heavy (non-hydrogen) atoms. The highest BCUT2D eigenvalue weighted by atomic mass is 32.2. The van der Waals surface area contributed by atoms with Crippen molar-refractivity contribution in [2.75, 3.05) is 55.8 Å². The molecule has 0 saturated carbocycles. The second-order valence-corrected chi connectivity index (χ2v) is 12.3. The van der Waals surface area contributed by atoms with E-state index in [-0.39, 0.29) is 6.10 Å². The van der Waals surface area contributed by atoms with Gasteiger partial charge >= 0.3 is 0 Å². The number of fused-ring (bicyclic) bond motifs is 4. The fourth-order valence-electron chi connectivity index (χ4n) is 5.53. The van der Waals surface area contributed by atoms with Crippen molar-refractivity contribution in [3.05, 3.63) is 42.2 Å². The number of furan rings is 1. The van der Waals surface area contributed by atoms with Crippen molar-refractivity contribution in [2.24, 2.45) is 0 Å². The first-order chi connectivity index (χ1) is 19.5. The molecule has 2 saturated heterocycles.